The van der Waals surface area contributed by atoms with E-state index in [0.29, 0.717) is 6.10 Å². The molecule has 3 fully saturated rings. The third-order valence-electron chi connectivity index (χ3n) is 5.90. The van der Waals surface area contributed by atoms with Crippen molar-refractivity contribution < 1.29 is 9.47 Å². The molecule has 1 saturated carbocycles. The number of aromatic nitrogens is 2. The summed E-state index contributed by atoms with van der Waals surface area (Å²) >= 11 is 0. The van der Waals surface area contributed by atoms with Crippen LogP contribution in [0, 0.1) is 5.92 Å². The average molecular weight is 319 g/mol. The standard InChI is InChI=1S/C18H29N3O2/c1-20-11-16(10-19-20)12-21-7-5-18(6-8-21)9-17(14-23-18)22-13-15-3-2-4-15/h10-11,15,17H,2-9,12-14H2,1H3/t17-/m0/s1. The quantitative estimate of drug-likeness (QED) is 0.835. The van der Waals surface area contributed by atoms with Crippen LogP contribution in [0.2, 0.25) is 0 Å². The molecule has 23 heavy (non-hydrogen) atoms. The summed E-state index contributed by atoms with van der Waals surface area (Å²) in [4.78, 5) is 2.52. The van der Waals surface area contributed by atoms with E-state index < -0.39 is 0 Å². The van der Waals surface area contributed by atoms with Crippen molar-refractivity contribution in [1.29, 1.82) is 0 Å². The number of aryl methyl sites for hydroxylation is 1. The van der Waals surface area contributed by atoms with Gasteiger partial charge in [0.25, 0.3) is 0 Å². The highest BCUT2D eigenvalue weighted by molar-refractivity contribution is 5.04. The van der Waals surface area contributed by atoms with Crippen LogP contribution in [-0.2, 0) is 23.1 Å². The molecule has 1 atom stereocenters. The van der Waals surface area contributed by atoms with E-state index in [1.54, 1.807) is 0 Å². The van der Waals surface area contributed by atoms with Gasteiger partial charge in [0.2, 0.25) is 0 Å². The van der Waals surface area contributed by atoms with Gasteiger partial charge in [0.05, 0.1) is 24.5 Å². The zero-order chi connectivity index (χ0) is 15.7. The molecule has 0 N–H and O–H groups in total. The highest BCUT2D eigenvalue weighted by Crippen LogP contribution is 2.38. The molecule has 0 amide bonds. The smallest absolute Gasteiger partial charge is 0.0836 e. The Bertz CT molecular complexity index is 518. The number of ether oxygens (including phenoxy) is 2. The van der Waals surface area contributed by atoms with E-state index in [2.05, 4.69) is 16.2 Å². The lowest BCUT2D eigenvalue weighted by Gasteiger charge is -2.38. The second-order valence-electron chi connectivity index (χ2n) is 7.75. The van der Waals surface area contributed by atoms with Gasteiger partial charge in [-0.05, 0) is 31.6 Å². The molecule has 128 valence electrons. The van der Waals surface area contributed by atoms with Gasteiger partial charge in [0.1, 0.15) is 0 Å². The molecule has 1 aliphatic carbocycles. The first-order chi connectivity index (χ1) is 11.2. The normalized spacial score (nSPS) is 28.3. The molecule has 1 aromatic rings. The van der Waals surface area contributed by atoms with Gasteiger partial charge < -0.3 is 9.47 Å². The lowest BCUT2D eigenvalue weighted by Crippen LogP contribution is -2.43. The fraction of sp³-hybridized carbons (Fsp3) is 0.833. The summed E-state index contributed by atoms with van der Waals surface area (Å²) in [6, 6.07) is 0. The second kappa shape index (κ2) is 6.54. The first kappa shape index (κ1) is 15.6. The molecule has 0 unspecified atom stereocenters. The minimum Gasteiger partial charge on any atom is -0.375 e. The molecule has 1 aromatic heterocycles. The molecule has 4 rings (SSSR count). The summed E-state index contributed by atoms with van der Waals surface area (Å²) in [6.07, 6.45) is 11.9. The third-order valence-corrected chi connectivity index (χ3v) is 5.90. The van der Waals surface area contributed by atoms with Crippen molar-refractivity contribution in [3.8, 4) is 0 Å². The molecule has 5 nitrogen and oxygen atoms in total. The Morgan fingerprint density at radius 3 is 2.83 bits per heavy atom. The van der Waals surface area contributed by atoms with Crippen molar-refractivity contribution in [2.45, 2.75) is 56.8 Å². The second-order valence-corrected chi connectivity index (χ2v) is 7.75. The van der Waals surface area contributed by atoms with E-state index in [0.717, 1.165) is 58.0 Å². The van der Waals surface area contributed by atoms with Crippen LogP contribution in [0.5, 0.6) is 0 Å². The maximum atomic E-state index is 6.21. The number of piperidine rings is 1. The van der Waals surface area contributed by atoms with Gasteiger partial charge in [0, 0.05) is 51.5 Å². The summed E-state index contributed by atoms with van der Waals surface area (Å²) in [7, 11) is 1.98. The van der Waals surface area contributed by atoms with Crippen molar-refractivity contribution in [2.75, 3.05) is 26.3 Å². The molecule has 0 aromatic carbocycles. The number of hydrogen-bond donors (Lipinski definition) is 0. The van der Waals surface area contributed by atoms with Gasteiger partial charge in [-0.1, -0.05) is 6.42 Å². The van der Waals surface area contributed by atoms with Crippen LogP contribution in [0.15, 0.2) is 12.4 Å². The fourth-order valence-electron chi connectivity index (χ4n) is 4.12. The summed E-state index contributed by atoms with van der Waals surface area (Å²) in [5.41, 5.74) is 1.40. The highest BCUT2D eigenvalue weighted by Gasteiger charge is 2.43. The van der Waals surface area contributed by atoms with Gasteiger partial charge in [-0.25, -0.2) is 0 Å². The van der Waals surface area contributed by atoms with E-state index in [1.165, 1.54) is 24.8 Å². The van der Waals surface area contributed by atoms with Crippen LogP contribution < -0.4 is 0 Å². The van der Waals surface area contributed by atoms with E-state index in [1.807, 2.05) is 17.9 Å². The van der Waals surface area contributed by atoms with Gasteiger partial charge in [-0.15, -0.1) is 0 Å². The van der Waals surface area contributed by atoms with E-state index >= 15 is 0 Å². The number of likely N-dealkylation sites (tertiary alicyclic amines) is 1. The molecule has 1 spiro atoms. The average Bonchev–Trinajstić information content (AvgIpc) is 3.08. The van der Waals surface area contributed by atoms with Crippen LogP contribution in [0.4, 0.5) is 0 Å². The van der Waals surface area contributed by atoms with Crippen molar-refractivity contribution in [3.05, 3.63) is 18.0 Å². The minimum absolute atomic E-state index is 0.0930. The summed E-state index contributed by atoms with van der Waals surface area (Å²) in [5, 5.41) is 4.26. The molecule has 2 saturated heterocycles. The van der Waals surface area contributed by atoms with Crippen LogP contribution in [-0.4, -0.2) is 52.7 Å². The molecule has 0 bridgehead atoms. The molecular formula is C18H29N3O2. The SMILES string of the molecule is Cn1cc(CN2CCC3(CC2)C[C@H](OCC2CCC2)CO3)cn1. The van der Waals surface area contributed by atoms with E-state index in [9.17, 15) is 0 Å². The summed E-state index contributed by atoms with van der Waals surface area (Å²) in [6.45, 7) is 4.99. The van der Waals surface area contributed by atoms with Gasteiger partial charge >= 0.3 is 0 Å². The van der Waals surface area contributed by atoms with Crippen molar-refractivity contribution in [2.24, 2.45) is 13.0 Å². The Morgan fingerprint density at radius 1 is 1.35 bits per heavy atom. The lowest BCUT2D eigenvalue weighted by atomic mass is 9.86. The van der Waals surface area contributed by atoms with E-state index in [4.69, 9.17) is 9.47 Å². The first-order valence-electron chi connectivity index (χ1n) is 9.16. The molecule has 3 aliphatic rings. The first-order valence-corrected chi connectivity index (χ1v) is 9.16. The fourth-order valence-corrected chi connectivity index (χ4v) is 4.12. The zero-order valence-electron chi connectivity index (χ0n) is 14.2. The van der Waals surface area contributed by atoms with Gasteiger partial charge in [0.15, 0.2) is 0 Å². The zero-order valence-corrected chi connectivity index (χ0v) is 14.2. The summed E-state index contributed by atoms with van der Waals surface area (Å²) < 4.78 is 14.2. The van der Waals surface area contributed by atoms with Gasteiger partial charge in [-0.3, -0.25) is 9.58 Å². The third kappa shape index (κ3) is 3.62. The Hall–Kier alpha value is -0.910. The van der Waals surface area contributed by atoms with Crippen molar-refractivity contribution >= 4 is 0 Å². The lowest BCUT2D eigenvalue weighted by molar-refractivity contribution is -0.0474. The monoisotopic (exact) mass is 319 g/mol. The minimum atomic E-state index is 0.0930. The van der Waals surface area contributed by atoms with Crippen molar-refractivity contribution in [1.82, 2.24) is 14.7 Å². The Labute approximate surface area is 138 Å². The van der Waals surface area contributed by atoms with Crippen LogP contribution in [0.25, 0.3) is 0 Å². The predicted molar refractivity (Wildman–Crippen MR) is 88.1 cm³/mol. The predicted octanol–water partition coefficient (Wildman–Crippen LogP) is 2.36. The molecule has 2 aliphatic heterocycles. The van der Waals surface area contributed by atoms with Crippen LogP contribution in [0.1, 0.15) is 44.1 Å². The Morgan fingerprint density at radius 2 is 2.17 bits per heavy atom. The van der Waals surface area contributed by atoms with Crippen LogP contribution in [0.3, 0.4) is 0 Å². The summed E-state index contributed by atoms with van der Waals surface area (Å²) in [5.74, 6) is 0.827. The largest absolute Gasteiger partial charge is 0.375 e. The van der Waals surface area contributed by atoms with Gasteiger partial charge in [-0.2, -0.15) is 5.10 Å². The van der Waals surface area contributed by atoms with E-state index in [-0.39, 0.29) is 5.60 Å². The maximum Gasteiger partial charge on any atom is 0.0836 e. The van der Waals surface area contributed by atoms with Crippen LogP contribution >= 0.6 is 0 Å². The molecule has 5 heteroatoms. The van der Waals surface area contributed by atoms with Crippen molar-refractivity contribution in [3.63, 3.8) is 0 Å². The Balaban J connectivity index is 1.22. The maximum absolute atomic E-state index is 6.21. The number of rotatable bonds is 5. The molecule has 3 heterocycles. The molecular weight excluding hydrogens is 290 g/mol. The number of hydrogen-bond acceptors (Lipinski definition) is 4. The number of nitrogens with zero attached hydrogens (tertiary/aromatic N) is 3. The highest BCUT2D eigenvalue weighted by atomic mass is 16.6. The topological polar surface area (TPSA) is 39.5 Å². The molecule has 0 radical (unpaired) electrons. The Kier molecular flexibility index (Phi) is 4.43.